The van der Waals surface area contributed by atoms with Gasteiger partial charge in [0.05, 0.1) is 11.5 Å². The third-order valence-corrected chi connectivity index (χ3v) is 4.43. The van der Waals surface area contributed by atoms with Crippen LogP contribution < -0.4 is 0 Å². The molecule has 0 radical (unpaired) electrons. The standard InChI is InChI=1S/C12H16N2OS/c1-8-3-4-12(5-8,7-13)10(15)11-14-9(2)6-16-11/h6,8,10,15H,3-5H2,1-2H3. The number of hydrogen-bond donors (Lipinski definition) is 1. The minimum Gasteiger partial charge on any atom is -0.384 e. The van der Waals surface area contributed by atoms with Crippen LogP contribution in [0.5, 0.6) is 0 Å². The van der Waals surface area contributed by atoms with Crippen molar-refractivity contribution in [3.05, 3.63) is 16.1 Å². The highest BCUT2D eigenvalue weighted by molar-refractivity contribution is 7.09. The first kappa shape index (κ1) is 11.6. The highest BCUT2D eigenvalue weighted by Crippen LogP contribution is 2.49. The van der Waals surface area contributed by atoms with Gasteiger partial charge >= 0.3 is 0 Å². The zero-order valence-corrected chi connectivity index (χ0v) is 10.4. The molecule has 0 amide bonds. The van der Waals surface area contributed by atoms with E-state index >= 15 is 0 Å². The predicted molar refractivity (Wildman–Crippen MR) is 62.9 cm³/mol. The van der Waals surface area contributed by atoms with Crippen molar-refractivity contribution in [3.63, 3.8) is 0 Å². The Hall–Kier alpha value is -0.920. The predicted octanol–water partition coefficient (Wildman–Crippen LogP) is 2.81. The van der Waals surface area contributed by atoms with E-state index in [2.05, 4.69) is 18.0 Å². The molecule has 1 N–H and O–H groups in total. The van der Waals surface area contributed by atoms with Crippen LogP contribution >= 0.6 is 11.3 Å². The molecule has 16 heavy (non-hydrogen) atoms. The summed E-state index contributed by atoms with van der Waals surface area (Å²) >= 11 is 1.45. The first-order valence-electron chi connectivity index (χ1n) is 5.59. The molecule has 2 rings (SSSR count). The largest absolute Gasteiger partial charge is 0.384 e. The average Bonchev–Trinajstić information content (AvgIpc) is 2.85. The van der Waals surface area contributed by atoms with Crippen LogP contribution in [0.3, 0.4) is 0 Å². The quantitative estimate of drug-likeness (QED) is 0.859. The molecule has 0 aliphatic heterocycles. The summed E-state index contributed by atoms with van der Waals surface area (Å²) in [5.41, 5.74) is 0.308. The fraction of sp³-hybridized carbons (Fsp3) is 0.667. The smallest absolute Gasteiger partial charge is 0.124 e. The second kappa shape index (κ2) is 4.15. The van der Waals surface area contributed by atoms with Gasteiger partial charge in [0.15, 0.2) is 0 Å². The van der Waals surface area contributed by atoms with E-state index < -0.39 is 11.5 Å². The van der Waals surface area contributed by atoms with Crippen LogP contribution in [-0.2, 0) is 0 Å². The van der Waals surface area contributed by atoms with E-state index in [4.69, 9.17) is 0 Å². The molecule has 3 nitrogen and oxygen atoms in total. The monoisotopic (exact) mass is 236 g/mol. The first-order chi connectivity index (χ1) is 7.57. The summed E-state index contributed by atoms with van der Waals surface area (Å²) < 4.78 is 0. The van der Waals surface area contributed by atoms with E-state index in [-0.39, 0.29) is 0 Å². The van der Waals surface area contributed by atoms with Gasteiger partial charge in [-0.05, 0) is 32.1 Å². The molecule has 3 unspecified atom stereocenters. The summed E-state index contributed by atoms with van der Waals surface area (Å²) in [4.78, 5) is 4.29. The minimum absolute atomic E-state index is 0.523. The van der Waals surface area contributed by atoms with Crippen LogP contribution in [0.2, 0.25) is 0 Å². The molecule has 0 saturated heterocycles. The van der Waals surface area contributed by atoms with Crippen LogP contribution in [0.25, 0.3) is 0 Å². The van der Waals surface area contributed by atoms with Gasteiger partial charge in [-0.1, -0.05) is 6.92 Å². The molecule has 1 aliphatic carbocycles. The molecule has 0 bridgehead atoms. The van der Waals surface area contributed by atoms with E-state index in [1.165, 1.54) is 11.3 Å². The lowest BCUT2D eigenvalue weighted by Crippen LogP contribution is -2.24. The fourth-order valence-electron chi connectivity index (χ4n) is 2.48. The maximum Gasteiger partial charge on any atom is 0.124 e. The molecular formula is C12H16N2OS. The Morgan fingerprint density at radius 2 is 2.50 bits per heavy atom. The molecule has 1 aromatic heterocycles. The van der Waals surface area contributed by atoms with E-state index in [0.717, 1.165) is 25.0 Å². The fourth-order valence-corrected chi connectivity index (χ4v) is 3.37. The molecule has 0 aromatic carbocycles. The molecule has 0 spiro atoms. The van der Waals surface area contributed by atoms with Gasteiger partial charge in [0, 0.05) is 11.1 Å². The summed E-state index contributed by atoms with van der Waals surface area (Å²) in [6.45, 7) is 4.04. The van der Waals surface area contributed by atoms with Crippen LogP contribution in [0, 0.1) is 29.6 Å². The van der Waals surface area contributed by atoms with E-state index in [0.29, 0.717) is 10.9 Å². The molecule has 1 saturated carbocycles. The average molecular weight is 236 g/mol. The second-order valence-corrected chi connectivity index (χ2v) is 5.74. The number of aromatic nitrogens is 1. The van der Waals surface area contributed by atoms with Gasteiger partial charge in [0.25, 0.3) is 0 Å². The summed E-state index contributed by atoms with van der Waals surface area (Å²) in [5.74, 6) is 0.523. The number of aryl methyl sites for hydroxylation is 1. The Balaban J connectivity index is 2.26. The Labute approximate surface area is 99.8 Å². The van der Waals surface area contributed by atoms with Crippen molar-refractivity contribution in [1.29, 1.82) is 5.26 Å². The van der Waals surface area contributed by atoms with Crippen molar-refractivity contribution < 1.29 is 5.11 Å². The molecule has 3 atom stereocenters. The van der Waals surface area contributed by atoms with Gasteiger partial charge in [-0.15, -0.1) is 11.3 Å². The maximum atomic E-state index is 10.3. The number of rotatable bonds is 2. The van der Waals surface area contributed by atoms with Crippen molar-refractivity contribution in [3.8, 4) is 6.07 Å². The Kier molecular flexibility index (Phi) is 3.00. The number of nitrogens with zero attached hydrogens (tertiary/aromatic N) is 2. The number of thiazole rings is 1. The van der Waals surface area contributed by atoms with Gasteiger partial charge in [-0.2, -0.15) is 5.26 Å². The number of hydrogen-bond acceptors (Lipinski definition) is 4. The highest BCUT2D eigenvalue weighted by atomic mass is 32.1. The lowest BCUT2D eigenvalue weighted by molar-refractivity contribution is 0.0644. The van der Waals surface area contributed by atoms with Crippen LogP contribution in [0.4, 0.5) is 0 Å². The molecule has 1 aliphatic rings. The van der Waals surface area contributed by atoms with Crippen molar-refractivity contribution in [2.24, 2.45) is 11.3 Å². The minimum atomic E-state index is -0.721. The third kappa shape index (κ3) is 1.85. The highest BCUT2D eigenvalue weighted by Gasteiger charge is 2.45. The van der Waals surface area contributed by atoms with Crippen molar-refractivity contribution in [2.45, 2.75) is 39.2 Å². The summed E-state index contributed by atoms with van der Waals surface area (Å²) in [6.07, 6.45) is 1.86. The maximum absolute atomic E-state index is 10.3. The summed E-state index contributed by atoms with van der Waals surface area (Å²) in [6, 6.07) is 2.33. The number of aliphatic hydroxyl groups is 1. The van der Waals surface area contributed by atoms with Crippen molar-refractivity contribution in [2.75, 3.05) is 0 Å². The van der Waals surface area contributed by atoms with Crippen LogP contribution in [-0.4, -0.2) is 10.1 Å². The van der Waals surface area contributed by atoms with Crippen molar-refractivity contribution in [1.82, 2.24) is 4.98 Å². The zero-order valence-electron chi connectivity index (χ0n) is 9.60. The zero-order chi connectivity index (χ0) is 11.8. The normalized spacial score (nSPS) is 31.2. The molecule has 1 aromatic rings. The summed E-state index contributed by atoms with van der Waals surface area (Å²) in [7, 11) is 0. The molecule has 1 heterocycles. The Bertz CT molecular complexity index is 423. The van der Waals surface area contributed by atoms with E-state index in [1.54, 1.807) is 0 Å². The number of aliphatic hydroxyl groups excluding tert-OH is 1. The number of nitriles is 1. The SMILES string of the molecule is Cc1csc(C(O)C2(C#N)CCC(C)C2)n1. The molecule has 1 fully saturated rings. The van der Waals surface area contributed by atoms with Crippen molar-refractivity contribution >= 4 is 11.3 Å². The topological polar surface area (TPSA) is 56.9 Å². The van der Waals surface area contributed by atoms with Gasteiger partial charge in [0.2, 0.25) is 0 Å². The molecular weight excluding hydrogens is 220 g/mol. The lowest BCUT2D eigenvalue weighted by Gasteiger charge is -2.25. The van der Waals surface area contributed by atoms with Gasteiger partial charge < -0.3 is 5.11 Å². The first-order valence-corrected chi connectivity index (χ1v) is 6.47. The van der Waals surface area contributed by atoms with Gasteiger partial charge in [0.1, 0.15) is 11.1 Å². The Morgan fingerprint density at radius 1 is 1.75 bits per heavy atom. The molecule has 4 heteroatoms. The summed E-state index contributed by atoms with van der Waals surface area (Å²) in [5, 5.41) is 22.3. The van der Waals surface area contributed by atoms with Crippen LogP contribution in [0.15, 0.2) is 5.38 Å². The third-order valence-electron chi connectivity index (χ3n) is 3.41. The van der Waals surface area contributed by atoms with E-state index in [1.807, 2.05) is 12.3 Å². The molecule has 86 valence electrons. The van der Waals surface area contributed by atoms with Crippen LogP contribution in [0.1, 0.15) is 43.0 Å². The van der Waals surface area contributed by atoms with Gasteiger partial charge in [-0.25, -0.2) is 4.98 Å². The van der Waals surface area contributed by atoms with Gasteiger partial charge in [-0.3, -0.25) is 0 Å². The van der Waals surface area contributed by atoms with E-state index in [9.17, 15) is 10.4 Å². The second-order valence-electron chi connectivity index (χ2n) is 4.85. The lowest BCUT2D eigenvalue weighted by atomic mass is 9.81. The Morgan fingerprint density at radius 3 is 2.94 bits per heavy atom.